The van der Waals surface area contributed by atoms with Gasteiger partial charge in [0.05, 0.1) is 6.42 Å². The molecule has 0 aromatic carbocycles. The Kier molecular flexibility index (Phi) is 2.26. The van der Waals surface area contributed by atoms with Gasteiger partial charge >= 0.3 is 5.97 Å². The fourth-order valence-corrected chi connectivity index (χ4v) is 1.74. The van der Waals surface area contributed by atoms with Crippen molar-refractivity contribution in [2.75, 3.05) is 0 Å². The van der Waals surface area contributed by atoms with Crippen LogP contribution in [0.4, 0.5) is 0 Å². The first-order valence-corrected chi connectivity index (χ1v) is 5.16. The lowest BCUT2D eigenvalue weighted by atomic mass is 10.2. The van der Waals surface area contributed by atoms with Crippen molar-refractivity contribution in [2.45, 2.75) is 6.42 Å². The van der Waals surface area contributed by atoms with Crippen molar-refractivity contribution in [3.8, 4) is 11.5 Å². The number of aromatic nitrogens is 6. The van der Waals surface area contributed by atoms with Crippen LogP contribution in [0.15, 0.2) is 24.4 Å². The molecule has 18 heavy (non-hydrogen) atoms. The maximum absolute atomic E-state index is 10.8. The van der Waals surface area contributed by atoms with E-state index in [1.165, 1.54) is 0 Å². The average molecular weight is 244 g/mol. The topological polar surface area (TPSA) is 109 Å². The number of hydrogen-bond donors (Lipinski definition) is 2. The van der Waals surface area contributed by atoms with Gasteiger partial charge in [-0.1, -0.05) is 6.07 Å². The van der Waals surface area contributed by atoms with Gasteiger partial charge in [-0.2, -0.15) is 5.21 Å². The molecule has 0 fully saturated rings. The number of nitrogens with zero attached hydrogens (tertiary/aromatic N) is 5. The lowest BCUT2D eigenvalue weighted by Gasteiger charge is -2.00. The van der Waals surface area contributed by atoms with Crippen LogP contribution < -0.4 is 0 Å². The normalized spacial score (nSPS) is 10.9. The molecule has 8 heteroatoms. The van der Waals surface area contributed by atoms with Crippen molar-refractivity contribution in [3.05, 3.63) is 30.1 Å². The van der Waals surface area contributed by atoms with E-state index in [2.05, 4.69) is 25.6 Å². The number of aromatic amines is 1. The maximum Gasteiger partial charge on any atom is 0.309 e. The second-order valence-corrected chi connectivity index (χ2v) is 3.68. The van der Waals surface area contributed by atoms with E-state index in [1.807, 2.05) is 0 Å². The molecule has 0 spiro atoms. The Labute approximate surface area is 100 Å². The van der Waals surface area contributed by atoms with Gasteiger partial charge in [0.25, 0.3) is 0 Å². The van der Waals surface area contributed by atoms with Crippen molar-refractivity contribution in [1.82, 2.24) is 30.0 Å². The molecule has 90 valence electrons. The minimum absolute atomic E-state index is 0.0701. The summed E-state index contributed by atoms with van der Waals surface area (Å²) in [6.07, 6.45) is 1.62. The molecule has 0 aliphatic carbocycles. The van der Waals surface area contributed by atoms with Crippen molar-refractivity contribution in [3.63, 3.8) is 0 Å². The Balaban J connectivity index is 2.14. The molecule has 0 aliphatic rings. The molecule has 3 heterocycles. The molecule has 0 saturated heterocycles. The van der Waals surface area contributed by atoms with Gasteiger partial charge in [-0.3, -0.25) is 4.79 Å². The first-order chi connectivity index (χ1) is 8.74. The summed E-state index contributed by atoms with van der Waals surface area (Å²) in [6, 6.07) is 5.29. The lowest BCUT2D eigenvalue weighted by Crippen LogP contribution is -2.04. The highest BCUT2D eigenvalue weighted by Crippen LogP contribution is 2.15. The van der Waals surface area contributed by atoms with Gasteiger partial charge in [0.2, 0.25) is 5.82 Å². The third-order valence-electron chi connectivity index (χ3n) is 2.48. The summed E-state index contributed by atoms with van der Waals surface area (Å²) in [5.41, 5.74) is 1.83. The monoisotopic (exact) mass is 244 g/mol. The summed E-state index contributed by atoms with van der Waals surface area (Å²) < 4.78 is 1.71. The van der Waals surface area contributed by atoms with Gasteiger partial charge in [0, 0.05) is 11.9 Å². The molecule has 3 rings (SSSR count). The van der Waals surface area contributed by atoms with E-state index in [4.69, 9.17) is 5.11 Å². The summed E-state index contributed by atoms with van der Waals surface area (Å²) in [6.45, 7) is 0. The van der Waals surface area contributed by atoms with E-state index in [9.17, 15) is 4.79 Å². The summed E-state index contributed by atoms with van der Waals surface area (Å²) in [7, 11) is 0. The largest absolute Gasteiger partial charge is 0.481 e. The molecule has 0 aliphatic heterocycles. The molecule has 3 aromatic rings. The number of H-pyrrole nitrogens is 1. The number of carboxylic acid groups (broad SMARTS) is 1. The highest BCUT2D eigenvalue weighted by atomic mass is 16.4. The number of rotatable bonds is 3. The Morgan fingerprint density at radius 1 is 1.44 bits per heavy atom. The van der Waals surface area contributed by atoms with Crippen molar-refractivity contribution < 1.29 is 9.90 Å². The fraction of sp³-hybridized carbons (Fsp3) is 0.100. The maximum atomic E-state index is 10.8. The number of tetrazole rings is 1. The highest BCUT2D eigenvalue weighted by molar-refractivity contribution is 5.70. The highest BCUT2D eigenvalue weighted by Gasteiger charge is 2.11. The third-order valence-corrected chi connectivity index (χ3v) is 2.48. The number of carbonyl (C=O) groups is 1. The van der Waals surface area contributed by atoms with Crippen LogP contribution in [0.25, 0.3) is 17.2 Å². The predicted octanol–water partition coefficient (Wildman–Crippen LogP) is 0.142. The van der Waals surface area contributed by atoms with Crippen LogP contribution in [0.2, 0.25) is 0 Å². The fourth-order valence-electron chi connectivity index (χ4n) is 1.74. The number of hydrogen-bond acceptors (Lipinski definition) is 5. The summed E-state index contributed by atoms with van der Waals surface area (Å²) in [4.78, 5) is 15.1. The van der Waals surface area contributed by atoms with Crippen LogP contribution in [0.5, 0.6) is 0 Å². The van der Waals surface area contributed by atoms with Crippen molar-refractivity contribution >= 4 is 11.6 Å². The Morgan fingerprint density at radius 2 is 2.33 bits per heavy atom. The average Bonchev–Trinajstić information content (AvgIpc) is 2.97. The van der Waals surface area contributed by atoms with E-state index < -0.39 is 5.97 Å². The summed E-state index contributed by atoms with van der Waals surface area (Å²) in [5, 5.41) is 22.3. The number of pyridine rings is 1. The smallest absolute Gasteiger partial charge is 0.309 e. The molecule has 0 amide bonds. The standard InChI is InChI=1S/C10H8N6O2/c17-9(18)4-6-2-1-3-8-11-7(5-16(6)8)10-12-14-15-13-10/h1-3,5H,4H2,(H,17,18)(H,12,13,14,15). The van der Waals surface area contributed by atoms with Gasteiger partial charge in [-0.05, 0) is 17.3 Å². The number of aliphatic carboxylic acids is 1. The first kappa shape index (κ1) is 10.4. The third kappa shape index (κ3) is 1.69. The van der Waals surface area contributed by atoms with Crippen LogP contribution in [-0.2, 0) is 11.2 Å². The molecule has 0 unspecified atom stereocenters. The molecule has 8 nitrogen and oxygen atoms in total. The van der Waals surface area contributed by atoms with Gasteiger partial charge in [-0.15, -0.1) is 10.2 Å². The summed E-state index contributed by atoms with van der Waals surface area (Å²) in [5.74, 6) is -0.516. The second kappa shape index (κ2) is 3.91. The van der Waals surface area contributed by atoms with Gasteiger partial charge in [-0.25, -0.2) is 4.98 Å². The van der Waals surface area contributed by atoms with E-state index in [0.717, 1.165) is 0 Å². The minimum Gasteiger partial charge on any atom is -0.481 e. The zero-order valence-electron chi connectivity index (χ0n) is 9.11. The molecule has 3 aromatic heterocycles. The second-order valence-electron chi connectivity index (χ2n) is 3.68. The summed E-state index contributed by atoms with van der Waals surface area (Å²) >= 11 is 0. The zero-order valence-corrected chi connectivity index (χ0v) is 9.11. The lowest BCUT2D eigenvalue weighted by molar-refractivity contribution is -0.136. The van der Waals surface area contributed by atoms with Crippen LogP contribution in [0.3, 0.4) is 0 Å². The molecule has 0 saturated carbocycles. The molecule has 2 N–H and O–H groups in total. The molecule has 0 bridgehead atoms. The van der Waals surface area contributed by atoms with Gasteiger partial charge < -0.3 is 9.51 Å². The number of nitrogens with one attached hydrogen (secondary N) is 1. The minimum atomic E-state index is -0.891. The van der Waals surface area contributed by atoms with E-state index in [-0.39, 0.29) is 6.42 Å². The van der Waals surface area contributed by atoms with E-state index in [1.54, 1.807) is 28.8 Å². The van der Waals surface area contributed by atoms with Crippen molar-refractivity contribution in [1.29, 1.82) is 0 Å². The molecular weight excluding hydrogens is 236 g/mol. The molecule has 0 atom stereocenters. The van der Waals surface area contributed by atoms with Crippen LogP contribution in [0.1, 0.15) is 5.69 Å². The van der Waals surface area contributed by atoms with Gasteiger partial charge in [0.15, 0.2) is 0 Å². The van der Waals surface area contributed by atoms with Gasteiger partial charge in [0.1, 0.15) is 11.3 Å². The Bertz CT molecular complexity index is 702. The van der Waals surface area contributed by atoms with Crippen LogP contribution >= 0.6 is 0 Å². The van der Waals surface area contributed by atoms with Crippen molar-refractivity contribution in [2.24, 2.45) is 0 Å². The van der Waals surface area contributed by atoms with Crippen LogP contribution in [-0.4, -0.2) is 41.1 Å². The quantitative estimate of drug-likeness (QED) is 0.678. The molecular formula is C10H8N6O2. The SMILES string of the molecule is O=C(O)Cc1cccc2nc(-c3nn[nH]n3)cn12. The number of fused-ring (bicyclic) bond motifs is 1. The van der Waals surface area contributed by atoms with E-state index in [0.29, 0.717) is 22.9 Å². The predicted molar refractivity (Wildman–Crippen MR) is 59.7 cm³/mol. The number of carboxylic acids is 1. The Hall–Kier alpha value is -2.77. The first-order valence-electron chi connectivity index (χ1n) is 5.16. The Morgan fingerprint density at radius 3 is 3.06 bits per heavy atom. The van der Waals surface area contributed by atoms with Crippen LogP contribution in [0, 0.1) is 0 Å². The zero-order chi connectivity index (χ0) is 12.5. The van der Waals surface area contributed by atoms with E-state index >= 15 is 0 Å². The molecule has 0 radical (unpaired) electrons. The number of imidazole rings is 1.